The second-order valence-corrected chi connectivity index (χ2v) is 5.54. The molecule has 2 aromatic carbocycles. The summed E-state index contributed by atoms with van der Waals surface area (Å²) in [6, 6.07) is 17.8. The van der Waals surface area contributed by atoms with Crippen LogP contribution in [0, 0.1) is 0 Å². The number of halogens is 1. The summed E-state index contributed by atoms with van der Waals surface area (Å²) in [6.45, 7) is 0.306. The molecule has 126 valence electrons. The number of hydrogen-bond acceptors (Lipinski definition) is 4. The van der Waals surface area contributed by atoms with Gasteiger partial charge in [-0.05, 0) is 42.0 Å². The monoisotopic (exact) mass is 354 g/mol. The van der Waals surface area contributed by atoms with E-state index in [0.717, 1.165) is 5.56 Å². The molecule has 0 aliphatic heterocycles. The van der Waals surface area contributed by atoms with Crippen LogP contribution in [0.15, 0.2) is 76.4 Å². The summed E-state index contributed by atoms with van der Waals surface area (Å²) in [5.41, 5.74) is 3.79. The van der Waals surface area contributed by atoms with Gasteiger partial charge in [0.15, 0.2) is 0 Å². The highest BCUT2D eigenvalue weighted by Gasteiger charge is 2.06. The van der Waals surface area contributed by atoms with Gasteiger partial charge < -0.3 is 9.15 Å². The molecule has 0 unspecified atom stereocenters. The summed E-state index contributed by atoms with van der Waals surface area (Å²) in [4.78, 5) is 12.1. The standard InChI is InChI=1S/C19H15ClN2O3/c20-17-8-1-2-9-18(17)25-13-14-5-3-6-15(11-14)19(23)22-21-12-16-7-4-10-24-16/h1-12H,13H2,(H,22,23)/b21-12+. The van der Waals surface area contributed by atoms with E-state index in [1.165, 1.54) is 12.5 Å². The minimum absolute atomic E-state index is 0.306. The maximum atomic E-state index is 12.1. The van der Waals surface area contributed by atoms with E-state index in [9.17, 15) is 4.79 Å². The first-order valence-electron chi connectivity index (χ1n) is 7.55. The van der Waals surface area contributed by atoms with Gasteiger partial charge in [0, 0.05) is 5.56 Å². The normalized spacial score (nSPS) is 10.8. The third-order valence-electron chi connectivity index (χ3n) is 3.32. The van der Waals surface area contributed by atoms with Crippen molar-refractivity contribution in [3.05, 3.63) is 88.8 Å². The number of furan rings is 1. The zero-order chi connectivity index (χ0) is 17.5. The van der Waals surface area contributed by atoms with E-state index < -0.39 is 0 Å². The fraction of sp³-hybridized carbons (Fsp3) is 0.0526. The second-order valence-electron chi connectivity index (χ2n) is 5.13. The second kappa shape index (κ2) is 8.17. The van der Waals surface area contributed by atoms with Gasteiger partial charge in [-0.15, -0.1) is 0 Å². The lowest BCUT2D eigenvalue weighted by atomic mass is 10.1. The van der Waals surface area contributed by atoms with Crippen LogP contribution >= 0.6 is 11.6 Å². The van der Waals surface area contributed by atoms with Crippen molar-refractivity contribution >= 4 is 23.7 Å². The molecule has 0 aliphatic carbocycles. The average Bonchev–Trinajstić information content (AvgIpc) is 3.15. The Hall–Kier alpha value is -3.05. The highest BCUT2D eigenvalue weighted by Crippen LogP contribution is 2.24. The van der Waals surface area contributed by atoms with E-state index in [1.54, 1.807) is 42.5 Å². The molecule has 0 aliphatic rings. The highest BCUT2D eigenvalue weighted by molar-refractivity contribution is 6.32. The minimum atomic E-state index is -0.317. The van der Waals surface area contributed by atoms with Crippen LogP contribution in [0.1, 0.15) is 21.7 Å². The Bertz CT molecular complexity index is 876. The third-order valence-corrected chi connectivity index (χ3v) is 3.63. The van der Waals surface area contributed by atoms with Crippen molar-refractivity contribution in [1.82, 2.24) is 5.43 Å². The first-order chi connectivity index (χ1) is 12.2. The van der Waals surface area contributed by atoms with Gasteiger partial charge in [0.2, 0.25) is 0 Å². The summed E-state index contributed by atoms with van der Waals surface area (Å²) in [5.74, 6) is 0.839. The number of carbonyl (C=O) groups is 1. The zero-order valence-corrected chi connectivity index (χ0v) is 13.9. The number of nitrogens with zero attached hydrogens (tertiary/aromatic N) is 1. The quantitative estimate of drug-likeness (QED) is 0.531. The van der Waals surface area contributed by atoms with Crippen LogP contribution in [0.4, 0.5) is 0 Å². The van der Waals surface area contributed by atoms with E-state index in [2.05, 4.69) is 10.5 Å². The Morgan fingerprint density at radius 2 is 2.04 bits per heavy atom. The number of rotatable bonds is 6. The molecule has 3 rings (SSSR count). The maximum absolute atomic E-state index is 12.1. The topological polar surface area (TPSA) is 63.8 Å². The van der Waals surface area contributed by atoms with Crippen LogP contribution in [0.2, 0.25) is 5.02 Å². The van der Waals surface area contributed by atoms with Gasteiger partial charge in [0.1, 0.15) is 18.1 Å². The van der Waals surface area contributed by atoms with Crippen LogP contribution < -0.4 is 10.2 Å². The number of amides is 1. The SMILES string of the molecule is O=C(N/N=C/c1ccco1)c1cccc(COc2ccccc2Cl)c1. The molecule has 0 saturated heterocycles. The molecule has 3 aromatic rings. The third kappa shape index (κ3) is 4.71. The highest BCUT2D eigenvalue weighted by atomic mass is 35.5. The van der Waals surface area contributed by atoms with E-state index in [4.69, 9.17) is 20.8 Å². The number of hydrazone groups is 1. The molecule has 0 spiro atoms. The first kappa shape index (κ1) is 16.8. The van der Waals surface area contributed by atoms with Gasteiger partial charge in [-0.3, -0.25) is 4.79 Å². The van der Waals surface area contributed by atoms with Crippen molar-refractivity contribution < 1.29 is 13.9 Å². The molecule has 1 aromatic heterocycles. The Balaban J connectivity index is 1.60. The Morgan fingerprint density at radius 3 is 2.84 bits per heavy atom. The fourth-order valence-electron chi connectivity index (χ4n) is 2.11. The van der Waals surface area contributed by atoms with Crippen molar-refractivity contribution in [2.45, 2.75) is 6.61 Å². The Morgan fingerprint density at radius 1 is 1.16 bits per heavy atom. The van der Waals surface area contributed by atoms with Gasteiger partial charge in [-0.2, -0.15) is 5.10 Å². The van der Waals surface area contributed by atoms with E-state index in [1.807, 2.05) is 18.2 Å². The summed E-state index contributed by atoms with van der Waals surface area (Å²) in [5, 5.41) is 4.40. The fourth-order valence-corrected chi connectivity index (χ4v) is 2.30. The summed E-state index contributed by atoms with van der Waals surface area (Å²) in [6.07, 6.45) is 2.97. The van der Waals surface area contributed by atoms with Crippen molar-refractivity contribution in [3.8, 4) is 5.75 Å². The van der Waals surface area contributed by atoms with Gasteiger partial charge in [-0.1, -0.05) is 35.9 Å². The molecule has 0 bridgehead atoms. The lowest BCUT2D eigenvalue weighted by Crippen LogP contribution is -2.17. The minimum Gasteiger partial charge on any atom is -0.487 e. The van der Waals surface area contributed by atoms with Gasteiger partial charge in [-0.25, -0.2) is 5.43 Å². The maximum Gasteiger partial charge on any atom is 0.271 e. The van der Waals surface area contributed by atoms with Crippen molar-refractivity contribution in [1.29, 1.82) is 0 Å². The number of ether oxygens (including phenoxy) is 1. The molecule has 0 atom stereocenters. The van der Waals surface area contributed by atoms with Crippen LogP contribution in [-0.4, -0.2) is 12.1 Å². The number of hydrogen-bond donors (Lipinski definition) is 1. The summed E-state index contributed by atoms with van der Waals surface area (Å²) in [7, 11) is 0. The number of para-hydroxylation sites is 1. The van der Waals surface area contributed by atoms with Gasteiger partial charge in [0.05, 0.1) is 17.5 Å². The molecular formula is C19H15ClN2O3. The van der Waals surface area contributed by atoms with E-state index in [0.29, 0.717) is 28.7 Å². The molecule has 1 N–H and O–H groups in total. The Labute approximate surface area is 149 Å². The molecule has 0 fully saturated rings. The van der Waals surface area contributed by atoms with Crippen LogP contribution in [0.25, 0.3) is 0 Å². The smallest absolute Gasteiger partial charge is 0.271 e. The molecular weight excluding hydrogens is 340 g/mol. The zero-order valence-electron chi connectivity index (χ0n) is 13.2. The largest absolute Gasteiger partial charge is 0.487 e. The van der Waals surface area contributed by atoms with Gasteiger partial charge >= 0.3 is 0 Å². The number of nitrogens with one attached hydrogen (secondary N) is 1. The predicted octanol–water partition coefficient (Wildman–Crippen LogP) is 4.28. The van der Waals surface area contributed by atoms with Crippen LogP contribution in [0.3, 0.4) is 0 Å². The lowest BCUT2D eigenvalue weighted by molar-refractivity contribution is 0.0955. The molecule has 0 radical (unpaired) electrons. The number of benzene rings is 2. The lowest BCUT2D eigenvalue weighted by Gasteiger charge is -2.08. The molecule has 6 heteroatoms. The van der Waals surface area contributed by atoms with Gasteiger partial charge in [0.25, 0.3) is 5.91 Å². The molecule has 1 amide bonds. The van der Waals surface area contributed by atoms with Crippen molar-refractivity contribution in [2.24, 2.45) is 5.10 Å². The Kier molecular flexibility index (Phi) is 5.49. The summed E-state index contributed by atoms with van der Waals surface area (Å²) < 4.78 is 10.8. The predicted molar refractivity (Wildman–Crippen MR) is 96.0 cm³/mol. The molecule has 0 saturated carbocycles. The van der Waals surface area contributed by atoms with E-state index in [-0.39, 0.29) is 5.91 Å². The molecule has 1 heterocycles. The summed E-state index contributed by atoms with van der Waals surface area (Å²) >= 11 is 6.06. The van der Waals surface area contributed by atoms with Crippen LogP contribution in [0.5, 0.6) is 5.75 Å². The van der Waals surface area contributed by atoms with Crippen LogP contribution in [-0.2, 0) is 6.61 Å². The first-order valence-corrected chi connectivity index (χ1v) is 7.93. The number of carbonyl (C=O) groups excluding carboxylic acids is 1. The van der Waals surface area contributed by atoms with Crippen molar-refractivity contribution in [3.63, 3.8) is 0 Å². The van der Waals surface area contributed by atoms with E-state index >= 15 is 0 Å². The molecule has 25 heavy (non-hydrogen) atoms. The molecule has 5 nitrogen and oxygen atoms in total. The van der Waals surface area contributed by atoms with Crippen molar-refractivity contribution in [2.75, 3.05) is 0 Å². The average molecular weight is 355 g/mol.